The zero-order chi connectivity index (χ0) is 8.55. The standard InChI is InChI=1S/C9H11N3/c1-7-3-4-8(2)12(7)9-10-5-6-11-9/h3-6H,1-2H3,(H,10,11). The van der Waals surface area contributed by atoms with Gasteiger partial charge in [-0.2, -0.15) is 0 Å². The van der Waals surface area contributed by atoms with Crippen LogP contribution in [0.25, 0.3) is 5.95 Å². The monoisotopic (exact) mass is 161 g/mol. The van der Waals surface area contributed by atoms with Crippen LogP contribution in [0.4, 0.5) is 0 Å². The van der Waals surface area contributed by atoms with Gasteiger partial charge in [0, 0.05) is 23.8 Å². The Kier molecular flexibility index (Phi) is 1.50. The smallest absolute Gasteiger partial charge is 0.211 e. The molecule has 3 nitrogen and oxygen atoms in total. The summed E-state index contributed by atoms with van der Waals surface area (Å²) >= 11 is 0. The van der Waals surface area contributed by atoms with E-state index in [1.54, 1.807) is 6.20 Å². The van der Waals surface area contributed by atoms with Crippen molar-refractivity contribution in [2.24, 2.45) is 0 Å². The number of hydrogen-bond donors (Lipinski definition) is 1. The van der Waals surface area contributed by atoms with Crippen molar-refractivity contribution in [3.63, 3.8) is 0 Å². The molecule has 2 heterocycles. The second-order valence-electron chi connectivity index (χ2n) is 2.86. The second-order valence-corrected chi connectivity index (χ2v) is 2.86. The summed E-state index contributed by atoms with van der Waals surface area (Å²) in [5.74, 6) is 0.884. The Morgan fingerprint density at radius 2 is 1.92 bits per heavy atom. The van der Waals surface area contributed by atoms with Crippen LogP contribution in [-0.2, 0) is 0 Å². The maximum Gasteiger partial charge on any atom is 0.211 e. The SMILES string of the molecule is Cc1ccc(C)n1-c1ncc[nH]1. The average molecular weight is 161 g/mol. The van der Waals surface area contributed by atoms with E-state index >= 15 is 0 Å². The first-order chi connectivity index (χ1) is 5.79. The summed E-state index contributed by atoms with van der Waals surface area (Å²) in [6.45, 7) is 4.13. The Labute approximate surface area is 71.1 Å². The third-order valence-electron chi connectivity index (χ3n) is 1.97. The van der Waals surface area contributed by atoms with Crippen LogP contribution in [0.15, 0.2) is 24.5 Å². The zero-order valence-electron chi connectivity index (χ0n) is 7.20. The minimum atomic E-state index is 0.884. The topological polar surface area (TPSA) is 33.6 Å². The van der Waals surface area contributed by atoms with Gasteiger partial charge in [0.15, 0.2) is 0 Å². The third-order valence-corrected chi connectivity index (χ3v) is 1.97. The van der Waals surface area contributed by atoms with Gasteiger partial charge in [-0.1, -0.05) is 0 Å². The summed E-state index contributed by atoms with van der Waals surface area (Å²) in [5, 5.41) is 0. The Bertz CT molecular complexity index is 351. The normalized spacial score (nSPS) is 10.5. The predicted molar refractivity (Wildman–Crippen MR) is 47.4 cm³/mol. The predicted octanol–water partition coefficient (Wildman–Crippen LogP) is 1.82. The number of H-pyrrole nitrogens is 1. The van der Waals surface area contributed by atoms with E-state index < -0.39 is 0 Å². The van der Waals surface area contributed by atoms with E-state index in [1.807, 2.05) is 6.20 Å². The van der Waals surface area contributed by atoms with Gasteiger partial charge in [-0.3, -0.25) is 4.57 Å². The molecule has 0 aliphatic carbocycles. The minimum Gasteiger partial charge on any atom is -0.330 e. The lowest BCUT2D eigenvalue weighted by molar-refractivity contribution is 0.896. The summed E-state index contributed by atoms with van der Waals surface area (Å²) in [6.07, 6.45) is 3.59. The minimum absolute atomic E-state index is 0.884. The first kappa shape index (κ1) is 7.16. The van der Waals surface area contributed by atoms with Gasteiger partial charge in [0.05, 0.1) is 0 Å². The number of imidazole rings is 1. The van der Waals surface area contributed by atoms with Gasteiger partial charge in [-0.25, -0.2) is 4.98 Å². The highest BCUT2D eigenvalue weighted by Gasteiger charge is 2.03. The molecule has 0 unspecified atom stereocenters. The zero-order valence-corrected chi connectivity index (χ0v) is 7.20. The first-order valence-corrected chi connectivity index (χ1v) is 3.94. The van der Waals surface area contributed by atoms with Crippen molar-refractivity contribution in [1.82, 2.24) is 14.5 Å². The van der Waals surface area contributed by atoms with Crippen molar-refractivity contribution in [3.8, 4) is 5.95 Å². The van der Waals surface area contributed by atoms with Crippen LogP contribution in [0, 0.1) is 13.8 Å². The number of nitrogens with one attached hydrogen (secondary N) is 1. The lowest BCUT2D eigenvalue weighted by Gasteiger charge is -2.03. The van der Waals surface area contributed by atoms with Crippen LogP contribution in [-0.4, -0.2) is 14.5 Å². The molecular weight excluding hydrogens is 150 g/mol. The molecule has 0 atom stereocenters. The number of nitrogens with zero attached hydrogens (tertiary/aromatic N) is 2. The van der Waals surface area contributed by atoms with Crippen molar-refractivity contribution in [2.45, 2.75) is 13.8 Å². The van der Waals surface area contributed by atoms with Crippen molar-refractivity contribution in [2.75, 3.05) is 0 Å². The summed E-state index contributed by atoms with van der Waals surface area (Å²) in [7, 11) is 0. The molecule has 0 saturated carbocycles. The molecule has 3 heteroatoms. The molecule has 0 aromatic carbocycles. The summed E-state index contributed by atoms with van der Waals surface area (Å²) in [5.41, 5.74) is 2.39. The van der Waals surface area contributed by atoms with Crippen LogP contribution in [0.5, 0.6) is 0 Å². The molecule has 2 aromatic heterocycles. The van der Waals surface area contributed by atoms with Gasteiger partial charge in [-0.15, -0.1) is 0 Å². The van der Waals surface area contributed by atoms with Gasteiger partial charge in [0.2, 0.25) is 5.95 Å². The molecule has 62 valence electrons. The van der Waals surface area contributed by atoms with Gasteiger partial charge >= 0.3 is 0 Å². The Hall–Kier alpha value is -1.51. The maximum atomic E-state index is 4.19. The Morgan fingerprint density at radius 1 is 1.25 bits per heavy atom. The van der Waals surface area contributed by atoms with Crippen molar-refractivity contribution >= 4 is 0 Å². The summed E-state index contributed by atoms with van der Waals surface area (Å²) in [4.78, 5) is 7.26. The number of aromatic nitrogens is 3. The maximum absolute atomic E-state index is 4.19. The summed E-state index contributed by atoms with van der Waals surface area (Å²) < 4.78 is 2.08. The molecule has 0 amide bonds. The van der Waals surface area contributed by atoms with Crippen LogP contribution in [0.2, 0.25) is 0 Å². The van der Waals surface area contributed by atoms with Gasteiger partial charge in [0.1, 0.15) is 0 Å². The summed E-state index contributed by atoms with van der Waals surface area (Å²) in [6, 6.07) is 4.16. The quantitative estimate of drug-likeness (QED) is 0.680. The van der Waals surface area contributed by atoms with Crippen LogP contribution in [0.3, 0.4) is 0 Å². The number of rotatable bonds is 1. The van der Waals surface area contributed by atoms with Crippen LogP contribution < -0.4 is 0 Å². The molecule has 0 aliphatic heterocycles. The number of hydrogen-bond acceptors (Lipinski definition) is 1. The van der Waals surface area contributed by atoms with Crippen molar-refractivity contribution < 1.29 is 0 Å². The fourth-order valence-electron chi connectivity index (χ4n) is 1.38. The molecule has 0 bridgehead atoms. The molecule has 1 N–H and O–H groups in total. The fraction of sp³-hybridized carbons (Fsp3) is 0.222. The fourth-order valence-corrected chi connectivity index (χ4v) is 1.38. The molecule has 0 fully saturated rings. The lowest BCUT2D eigenvalue weighted by atomic mass is 10.5. The van der Waals surface area contributed by atoms with Gasteiger partial charge in [0.25, 0.3) is 0 Å². The molecule has 0 radical (unpaired) electrons. The van der Waals surface area contributed by atoms with E-state index in [4.69, 9.17) is 0 Å². The third kappa shape index (κ3) is 0.942. The average Bonchev–Trinajstić information content (AvgIpc) is 2.61. The molecule has 12 heavy (non-hydrogen) atoms. The van der Waals surface area contributed by atoms with Crippen molar-refractivity contribution in [1.29, 1.82) is 0 Å². The van der Waals surface area contributed by atoms with E-state index in [0.717, 1.165) is 5.95 Å². The molecule has 0 aliphatic rings. The first-order valence-electron chi connectivity index (χ1n) is 3.94. The Morgan fingerprint density at radius 3 is 2.42 bits per heavy atom. The number of aryl methyl sites for hydroxylation is 2. The highest BCUT2D eigenvalue weighted by Crippen LogP contribution is 2.11. The second kappa shape index (κ2) is 2.52. The molecule has 0 saturated heterocycles. The molecule has 0 spiro atoms. The van der Waals surface area contributed by atoms with E-state index in [1.165, 1.54) is 11.4 Å². The Balaban J connectivity index is 2.60. The van der Waals surface area contributed by atoms with Crippen molar-refractivity contribution in [3.05, 3.63) is 35.9 Å². The molecule has 2 aromatic rings. The van der Waals surface area contributed by atoms with E-state index in [-0.39, 0.29) is 0 Å². The molecular formula is C9H11N3. The van der Waals surface area contributed by atoms with Crippen LogP contribution in [0.1, 0.15) is 11.4 Å². The van der Waals surface area contributed by atoms with Gasteiger partial charge < -0.3 is 4.98 Å². The highest BCUT2D eigenvalue weighted by molar-refractivity contribution is 5.25. The lowest BCUT2D eigenvalue weighted by Crippen LogP contribution is -2.00. The molecule has 2 rings (SSSR count). The van der Waals surface area contributed by atoms with E-state index in [2.05, 4.69) is 40.5 Å². The van der Waals surface area contributed by atoms with Crippen LogP contribution >= 0.6 is 0 Å². The van der Waals surface area contributed by atoms with E-state index in [9.17, 15) is 0 Å². The largest absolute Gasteiger partial charge is 0.330 e. The highest BCUT2D eigenvalue weighted by atomic mass is 15.2. The number of aromatic amines is 1. The van der Waals surface area contributed by atoms with E-state index in [0.29, 0.717) is 0 Å². The van der Waals surface area contributed by atoms with Gasteiger partial charge in [-0.05, 0) is 26.0 Å².